The quantitative estimate of drug-likeness (QED) is 0.819. The zero-order chi connectivity index (χ0) is 19.4. The number of anilines is 1. The van der Waals surface area contributed by atoms with E-state index in [-0.39, 0.29) is 17.7 Å². The van der Waals surface area contributed by atoms with Crippen molar-refractivity contribution in [3.05, 3.63) is 53.5 Å². The molecule has 5 nitrogen and oxygen atoms in total. The monoisotopic (exact) mass is 366 g/mol. The van der Waals surface area contributed by atoms with Crippen LogP contribution in [0, 0.1) is 18.8 Å². The van der Waals surface area contributed by atoms with Gasteiger partial charge in [0.05, 0.1) is 0 Å². The number of furan rings is 1. The van der Waals surface area contributed by atoms with Crippen LogP contribution in [0.3, 0.4) is 0 Å². The Bertz CT molecular complexity index is 859. The number of piperidine rings is 1. The van der Waals surface area contributed by atoms with Gasteiger partial charge in [0.25, 0.3) is 5.91 Å². The molecule has 1 fully saturated rings. The van der Waals surface area contributed by atoms with Crippen molar-refractivity contribution < 1.29 is 14.3 Å². The summed E-state index contributed by atoms with van der Waals surface area (Å²) >= 11 is 0. The number of rotatable bonds is 3. The maximum Gasteiger partial charge on any atom is 0.287 e. The Balaban J connectivity index is 1.54. The number of hydrogen-bond acceptors (Lipinski definition) is 4. The average Bonchev–Trinajstić information content (AvgIpc) is 3.09. The molecule has 142 valence electrons. The van der Waals surface area contributed by atoms with Crippen LogP contribution >= 0.6 is 0 Å². The number of aryl methyl sites for hydroxylation is 1. The highest BCUT2D eigenvalue weighted by molar-refractivity contribution is 5.91. The summed E-state index contributed by atoms with van der Waals surface area (Å²) in [5.74, 6) is 5.81. The highest BCUT2D eigenvalue weighted by atomic mass is 16.3. The molecule has 0 spiro atoms. The van der Waals surface area contributed by atoms with Gasteiger partial charge in [-0.3, -0.25) is 4.79 Å². The number of aliphatic hydroxyl groups is 1. The first-order chi connectivity index (χ1) is 12.8. The van der Waals surface area contributed by atoms with Crippen molar-refractivity contribution in [3.8, 4) is 11.8 Å². The van der Waals surface area contributed by atoms with Crippen LogP contribution in [-0.4, -0.2) is 35.7 Å². The molecule has 0 saturated carbocycles. The molecule has 1 aromatic heterocycles. The van der Waals surface area contributed by atoms with Crippen LogP contribution in [0.4, 0.5) is 5.69 Å². The lowest BCUT2D eigenvalue weighted by atomic mass is 10.0. The fourth-order valence-corrected chi connectivity index (χ4v) is 3.10. The first-order valence-corrected chi connectivity index (χ1v) is 9.28. The Morgan fingerprint density at radius 3 is 2.67 bits per heavy atom. The summed E-state index contributed by atoms with van der Waals surface area (Å²) < 4.78 is 5.48. The van der Waals surface area contributed by atoms with Gasteiger partial charge in [-0.05, 0) is 69.4 Å². The van der Waals surface area contributed by atoms with Gasteiger partial charge in [-0.1, -0.05) is 18.1 Å². The van der Waals surface area contributed by atoms with Gasteiger partial charge in [-0.15, -0.1) is 0 Å². The molecule has 1 amide bonds. The van der Waals surface area contributed by atoms with E-state index in [0.717, 1.165) is 25.9 Å². The zero-order valence-electron chi connectivity index (χ0n) is 16.1. The molecular formula is C22H26N2O3. The second-order valence-corrected chi connectivity index (χ2v) is 7.55. The minimum Gasteiger partial charge on any atom is -0.443 e. The maximum atomic E-state index is 12.4. The average molecular weight is 366 g/mol. The van der Waals surface area contributed by atoms with E-state index in [1.807, 2.05) is 0 Å². The Morgan fingerprint density at radius 1 is 1.26 bits per heavy atom. The number of hydrogen-bond donors (Lipinski definition) is 2. The fraction of sp³-hybridized carbons (Fsp3) is 0.409. The van der Waals surface area contributed by atoms with Gasteiger partial charge >= 0.3 is 0 Å². The molecule has 2 heterocycles. The number of nitrogens with one attached hydrogen (secondary N) is 1. The minimum absolute atomic E-state index is 0.134. The van der Waals surface area contributed by atoms with Gasteiger partial charge in [-0.25, -0.2) is 0 Å². The first kappa shape index (κ1) is 19.1. The first-order valence-electron chi connectivity index (χ1n) is 9.28. The van der Waals surface area contributed by atoms with E-state index in [1.54, 1.807) is 26.0 Å². The molecule has 2 N–H and O–H groups in total. The lowest BCUT2D eigenvalue weighted by Gasteiger charge is -2.34. The van der Waals surface area contributed by atoms with Crippen LogP contribution in [0.2, 0.25) is 0 Å². The highest BCUT2D eigenvalue weighted by Crippen LogP contribution is 2.21. The van der Waals surface area contributed by atoms with Crippen molar-refractivity contribution in [2.24, 2.45) is 0 Å². The van der Waals surface area contributed by atoms with Crippen LogP contribution in [0.1, 0.15) is 48.6 Å². The predicted molar refractivity (Wildman–Crippen MR) is 106 cm³/mol. The molecule has 27 heavy (non-hydrogen) atoms. The Kier molecular flexibility index (Phi) is 5.57. The van der Waals surface area contributed by atoms with Crippen molar-refractivity contribution >= 4 is 11.6 Å². The third-order valence-corrected chi connectivity index (χ3v) is 4.52. The second kappa shape index (κ2) is 7.89. The second-order valence-electron chi connectivity index (χ2n) is 7.55. The zero-order valence-corrected chi connectivity index (χ0v) is 16.1. The van der Waals surface area contributed by atoms with Gasteiger partial charge in [0.15, 0.2) is 11.5 Å². The van der Waals surface area contributed by atoms with E-state index in [9.17, 15) is 9.90 Å². The summed E-state index contributed by atoms with van der Waals surface area (Å²) in [5, 5.41) is 12.7. The van der Waals surface area contributed by atoms with Crippen molar-refractivity contribution in [1.82, 2.24) is 5.32 Å². The highest BCUT2D eigenvalue weighted by Gasteiger charge is 2.22. The molecule has 0 radical (unpaired) electrons. The van der Waals surface area contributed by atoms with Crippen LogP contribution < -0.4 is 10.2 Å². The van der Waals surface area contributed by atoms with Gasteiger partial charge in [0.2, 0.25) is 0 Å². The van der Waals surface area contributed by atoms with Crippen molar-refractivity contribution in [3.63, 3.8) is 0 Å². The van der Waals surface area contributed by atoms with E-state index in [1.165, 1.54) is 11.3 Å². The third-order valence-electron chi connectivity index (χ3n) is 4.52. The lowest BCUT2D eigenvalue weighted by Crippen LogP contribution is -2.44. The molecule has 2 aromatic rings. The molecule has 5 heteroatoms. The van der Waals surface area contributed by atoms with Crippen LogP contribution in [0.5, 0.6) is 0 Å². The summed E-state index contributed by atoms with van der Waals surface area (Å²) in [4.78, 5) is 14.8. The summed E-state index contributed by atoms with van der Waals surface area (Å²) in [6, 6.07) is 11.9. The van der Waals surface area contributed by atoms with Crippen molar-refractivity contribution in [2.75, 3.05) is 18.0 Å². The predicted octanol–water partition coefficient (Wildman–Crippen LogP) is 3.11. The molecule has 0 atom stereocenters. The number of carbonyl (C=O) groups excluding carboxylic acids is 1. The summed E-state index contributed by atoms with van der Waals surface area (Å²) in [6.07, 6.45) is 1.79. The Labute approximate surface area is 160 Å². The van der Waals surface area contributed by atoms with Gasteiger partial charge in [-0.2, -0.15) is 0 Å². The standard InChI is InChI=1S/C22H26N2O3/c1-16-5-4-6-18(15-16)24-13-10-17(11-14-24)23-21(25)20-8-7-19(27-20)9-12-22(2,3)26/h4-8,15,17,26H,10-11,13-14H2,1-3H3,(H,23,25). The molecule has 1 aliphatic rings. The number of benzene rings is 1. The van der Waals surface area contributed by atoms with E-state index in [2.05, 4.69) is 53.2 Å². The van der Waals surface area contributed by atoms with Crippen molar-refractivity contribution in [1.29, 1.82) is 0 Å². The van der Waals surface area contributed by atoms with Gasteiger partial charge in [0.1, 0.15) is 5.60 Å². The molecule has 1 aliphatic heterocycles. The van der Waals surface area contributed by atoms with Gasteiger partial charge < -0.3 is 19.7 Å². The largest absolute Gasteiger partial charge is 0.443 e. The molecule has 3 rings (SSSR count). The summed E-state index contributed by atoms with van der Waals surface area (Å²) in [6.45, 7) is 7.11. The Morgan fingerprint density at radius 2 is 2.00 bits per heavy atom. The van der Waals surface area contributed by atoms with Gasteiger partial charge in [0, 0.05) is 24.8 Å². The molecule has 0 bridgehead atoms. The summed E-state index contributed by atoms with van der Waals surface area (Å²) in [7, 11) is 0. The number of nitrogens with zero attached hydrogens (tertiary/aromatic N) is 1. The SMILES string of the molecule is Cc1cccc(N2CCC(NC(=O)c3ccc(C#CC(C)(C)O)o3)CC2)c1. The maximum absolute atomic E-state index is 12.4. The fourth-order valence-electron chi connectivity index (χ4n) is 3.10. The number of carbonyl (C=O) groups is 1. The smallest absolute Gasteiger partial charge is 0.287 e. The lowest BCUT2D eigenvalue weighted by molar-refractivity contribution is 0.0902. The van der Waals surface area contributed by atoms with E-state index in [0.29, 0.717) is 5.76 Å². The molecule has 0 aliphatic carbocycles. The Hall–Kier alpha value is -2.71. The molecule has 1 aromatic carbocycles. The summed E-state index contributed by atoms with van der Waals surface area (Å²) in [5.41, 5.74) is 1.39. The van der Waals surface area contributed by atoms with E-state index < -0.39 is 5.60 Å². The molecule has 1 saturated heterocycles. The van der Waals surface area contributed by atoms with Crippen molar-refractivity contribution in [2.45, 2.75) is 45.3 Å². The normalized spacial score (nSPS) is 15.2. The van der Waals surface area contributed by atoms with Crippen LogP contribution in [-0.2, 0) is 0 Å². The van der Waals surface area contributed by atoms with E-state index in [4.69, 9.17) is 4.42 Å². The van der Waals surface area contributed by atoms with Crippen LogP contribution in [0.15, 0.2) is 40.8 Å². The minimum atomic E-state index is -1.10. The topological polar surface area (TPSA) is 65.7 Å². The van der Waals surface area contributed by atoms with Crippen LogP contribution in [0.25, 0.3) is 0 Å². The van der Waals surface area contributed by atoms with E-state index >= 15 is 0 Å². The third kappa shape index (κ3) is 5.38. The number of amides is 1. The molecule has 0 unspecified atom stereocenters. The molecular weight excluding hydrogens is 340 g/mol.